The van der Waals surface area contributed by atoms with Gasteiger partial charge in [0.15, 0.2) is 0 Å². The van der Waals surface area contributed by atoms with E-state index < -0.39 is 11.8 Å². The molecule has 1 N–H and O–H groups in total. The standard InChI is InChI=1S/C22H21NO3/c24-14-13-23-21(25)19-17(15-7-3-1-4-8-15)11-12-18(20(19)22(23)26)16-9-5-2-6-10-16/h1-12,17-20,24H,13-14H2/t17-,18+,19-,20+. The van der Waals surface area contributed by atoms with Gasteiger partial charge in [0.1, 0.15) is 0 Å². The molecule has 2 aromatic carbocycles. The first kappa shape index (κ1) is 16.7. The van der Waals surface area contributed by atoms with Crippen LogP contribution >= 0.6 is 0 Å². The summed E-state index contributed by atoms with van der Waals surface area (Å²) in [6.45, 7) is -0.149. The van der Waals surface area contributed by atoms with Crippen molar-refractivity contribution in [3.8, 4) is 0 Å². The number of benzene rings is 2. The molecule has 1 heterocycles. The predicted octanol–water partition coefficient (Wildman–Crippen LogP) is 2.72. The largest absolute Gasteiger partial charge is 0.395 e. The molecule has 132 valence electrons. The molecule has 2 aromatic rings. The van der Waals surface area contributed by atoms with Crippen LogP contribution in [0.5, 0.6) is 0 Å². The van der Waals surface area contributed by atoms with Gasteiger partial charge in [0.05, 0.1) is 25.0 Å². The number of imide groups is 1. The number of likely N-dealkylation sites (tertiary alicyclic amines) is 1. The summed E-state index contributed by atoms with van der Waals surface area (Å²) in [4.78, 5) is 27.4. The van der Waals surface area contributed by atoms with Crippen molar-refractivity contribution < 1.29 is 14.7 Å². The van der Waals surface area contributed by atoms with Crippen molar-refractivity contribution in [1.82, 2.24) is 4.90 Å². The van der Waals surface area contributed by atoms with Crippen LogP contribution in [-0.4, -0.2) is 35.0 Å². The maximum absolute atomic E-state index is 13.1. The smallest absolute Gasteiger partial charge is 0.234 e. The van der Waals surface area contributed by atoms with Gasteiger partial charge in [0, 0.05) is 11.8 Å². The van der Waals surface area contributed by atoms with Crippen LogP contribution < -0.4 is 0 Å². The molecule has 0 spiro atoms. The SMILES string of the molecule is O=C1[C@@H]2[C@H](C(=O)N1CCO)[C@@H](c1ccccc1)C=C[C@H]2c1ccccc1. The number of β-amino-alcohol motifs (C(OH)–C–C–N with tert-alkyl or cyclic N) is 1. The van der Waals surface area contributed by atoms with Crippen molar-refractivity contribution in [2.45, 2.75) is 11.8 Å². The molecule has 4 nitrogen and oxygen atoms in total. The van der Waals surface area contributed by atoms with Gasteiger partial charge in [0.2, 0.25) is 11.8 Å². The van der Waals surface area contributed by atoms with Crippen molar-refractivity contribution in [2.75, 3.05) is 13.2 Å². The van der Waals surface area contributed by atoms with Crippen LogP contribution in [0.4, 0.5) is 0 Å². The highest BCUT2D eigenvalue weighted by Gasteiger charge is 2.54. The zero-order valence-corrected chi connectivity index (χ0v) is 14.4. The quantitative estimate of drug-likeness (QED) is 0.683. The Morgan fingerprint density at radius 2 is 1.15 bits per heavy atom. The van der Waals surface area contributed by atoms with E-state index in [0.29, 0.717) is 0 Å². The summed E-state index contributed by atoms with van der Waals surface area (Å²) in [5, 5.41) is 9.30. The van der Waals surface area contributed by atoms with E-state index in [1.165, 1.54) is 4.90 Å². The number of allylic oxidation sites excluding steroid dienone is 2. The predicted molar refractivity (Wildman–Crippen MR) is 98.3 cm³/mol. The lowest BCUT2D eigenvalue weighted by Crippen LogP contribution is -2.34. The number of rotatable bonds is 4. The van der Waals surface area contributed by atoms with E-state index in [-0.39, 0.29) is 36.8 Å². The fraction of sp³-hybridized carbons (Fsp3) is 0.273. The molecule has 1 aliphatic heterocycles. The van der Waals surface area contributed by atoms with Crippen LogP contribution in [0.15, 0.2) is 72.8 Å². The highest BCUT2D eigenvalue weighted by atomic mass is 16.3. The number of nitrogens with zero attached hydrogens (tertiary/aromatic N) is 1. The molecule has 1 saturated heterocycles. The molecule has 2 aliphatic rings. The van der Waals surface area contributed by atoms with Gasteiger partial charge in [-0.15, -0.1) is 0 Å². The van der Waals surface area contributed by atoms with Crippen LogP contribution in [0.3, 0.4) is 0 Å². The van der Waals surface area contributed by atoms with Gasteiger partial charge in [0.25, 0.3) is 0 Å². The van der Waals surface area contributed by atoms with E-state index in [9.17, 15) is 14.7 Å². The van der Waals surface area contributed by atoms with Crippen molar-refractivity contribution in [3.05, 3.63) is 83.9 Å². The third-order valence-electron chi connectivity index (χ3n) is 5.48. The molecule has 1 aliphatic carbocycles. The van der Waals surface area contributed by atoms with Gasteiger partial charge in [-0.25, -0.2) is 0 Å². The molecule has 26 heavy (non-hydrogen) atoms. The molecule has 4 heteroatoms. The number of fused-ring (bicyclic) bond motifs is 1. The molecule has 4 rings (SSSR count). The Labute approximate surface area is 152 Å². The topological polar surface area (TPSA) is 57.6 Å². The number of amides is 2. The first-order chi connectivity index (χ1) is 12.7. The Morgan fingerprint density at radius 1 is 0.731 bits per heavy atom. The molecule has 4 atom stereocenters. The Balaban J connectivity index is 1.80. The van der Waals surface area contributed by atoms with Crippen molar-refractivity contribution in [1.29, 1.82) is 0 Å². The molecule has 2 amide bonds. The van der Waals surface area contributed by atoms with Crippen LogP contribution in [0.1, 0.15) is 23.0 Å². The highest BCUT2D eigenvalue weighted by molar-refractivity contribution is 6.06. The second-order valence-electron chi connectivity index (χ2n) is 6.86. The third kappa shape index (κ3) is 2.67. The molecule has 0 unspecified atom stereocenters. The average molecular weight is 347 g/mol. The molecule has 1 fully saturated rings. The summed E-state index contributed by atoms with van der Waals surface area (Å²) in [5.41, 5.74) is 2.08. The first-order valence-electron chi connectivity index (χ1n) is 8.96. The van der Waals surface area contributed by atoms with Crippen LogP contribution in [0, 0.1) is 11.8 Å². The van der Waals surface area contributed by atoms with Gasteiger partial charge in [-0.2, -0.15) is 0 Å². The third-order valence-corrected chi connectivity index (χ3v) is 5.48. The van der Waals surface area contributed by atoms with Gasteiger partial charge < -0.3 is 5.11 Å². The Hall–Kier alpha value is -2.72. The van der Waals surface area contributed by atoms with Crippen LogP contribution in [0.25, 0.3) is 0 Å². The lowest BCUT2D eigenvalue weighted by Gasteiger charge is -2.32. The zero-order valence-electron chi connectivity index (χ0n) is 14.4. The summed E-state index contributed by atoms with van der Waals surface area (Å²) < 4.78 is 0. The Kier molecular flexibility index (Phi) is 4.43. The van der Waals surface area contributed by atoms with E-state index in [2.05, 4.69) is 12.2 Å². The van der Waals surface area contributed by atoms with Gasteiger partial charge in [-0.3, -0.25) is 14.5 Å². The number of carbonyl (C=O) groups is 2. The summed E-state index contributed by atoms with van der Waals surface area (Å²) >= 11 is 0. The van der Waals surface area contributed by atoms with Crippen molar-refractivity contribution in [3.63, 3.8) is 0 Å². The van der Waals surface area contributed by atoms with Gasteiger partial charge in [-0.1, -0.05) is 72.8 Å². The summed E-state index contributed by atoms with van der Waals surface area (Å²) in [7, 11) is 0. The minimum Gasteiger partial charge on any atom is -0.395 e. The van der Waals surface area contributed by atoms with Crippen LogP contribution in [-0.2, 0) is 9.59 Å². The minimum absolute atomic E-state index is 0.0632. The van der Waals surface area contributed by atoms with E-state index in [1.54, 1.807) is 0 Å². The van der Waals surface area contributed by atoms with E-state index >= 15 is 0 Å². The second kappa shape index (κ2) is 6.89. The molecule has 0 saturated carbocycles. The molecule has 0 aromatic heterocycles. The normalized spacial score (nSPS) is 27.7. The number of aliphatic hydroxyl groups is 1. The molecule has 0 bridgehead atoms. The number of aliphatic hydroxyl groups excluding tert-OH is 1. The van der Waals surface area contributed by atoms with Gasteiger partial charge >= 0.3 is 0 Å². The van der Waals surface area contributed by atoms with Crippen LogP contribution in [0.2, 0.25) is 0 Å². The molecule has 0 radical (unpaired) electrons. The fourth-order valence-electron chi connectivity index (χ4n) is 4.32. The highest BCUT2D eigenvalue weighted by Crippen LogP contribution is 2.49. The maximum atomic E-state index is 13.1. The number of hydrogen-bond donors (Lipinski definition) is 1. The number of carbonyl (C=O) groups excluding carboxylic acids is 2. The van der Waals surface area contributed by atoms with E-state index in [0.717, 1.165) is 11.1 Å². The lowest BCUT2D eigenvalue weighted by molar-refractivity contribution is -0.140. The van der Waals surface area contributed by atoms with E-state index in [1.807, 2.05) is 60.7 Å². The molecular weight excluding hydrogens is 326 g/mol. The summed E-state index contributed by atoms with van der Waals surface area (Å²) in [6.07, 6.45) is 4.14. The van der Waals surface area contributed by atoms with Crippen molar-refractivity contribution in [2.24, 2.45) is 11.8 Å². The van der Waals surface area contributed by atoms with Gasteiger partial charge in [-0.05, 0) is 11.1 Å². The Morgan fingerprint density at radius 3 is 1.54 bits per heavy atom. The minimum atomic E-state index is -0.424. The average Bonchev–Trinajstić information content (AvgIpc) is 2.95. The maximum Gasteiger partial charge on any atom is 0.234 e. The Bertz CT molecular complexity index is 763. The summed E-state index contributed by atoms with van der Waals surface area (Å²) in [6, 6.07) is 19.7. The second-order valence-corrected chi connectivity index (χ2v) is 6.86. The lowest BCUT2D eigenvalue weighted by atomic mass is 9.68. The number of hydrogen-bond acceptors (Lipinski definition) is 3. The van der Waals surface area contributed by atoms with Crippen molar-refractivity contribution >= 4 is 11.8 Å². The summed E-state index contributed by atoms with van der Waals surface area (Å²) in [5.74, 6) is -1.44. The first-order valence-corrected chi connectivity index (χ1v) is 8.96. The zero-order chi connectivity index (χ0) is 18.1. The monoisotopic (exact) mass is 347 g/mol. The van der Waals surface area contributed by atoms with E-state index in [4.69, 9.17) is 0 Å². The fourth-order valence-corrected chi connectivity index (χ4v) is 4.32. The molecular formula is C22H21NO3.